The molecule has 0 radical (unpaired) electrons. The van der Waals surface area contributed by atoms with Crippen LogP contribution in [0.2, 0.25) is 5.02 Å². The maximum absolute atomic E-state index is 13.8. The van der Waals surface area contributed by atoms with Crippen molar-refractivity contribution < 1.29 is 23.9 Å². The first-order valence-electron chi connectivity index (χ1n) is 12.9. The number of halogens is 1. The third-order valence-corrected chi connectivity index (χ3v) is 10.8. The van der Waals surface area contributed by atoms with Gasteiger partial charge in [-0.25, -0.2) is 9.69 Å². The summed E-state index contributed by atoms with van der Waals surface area (Å²) >= 11 is 9.64. The van der Waals surface area contributed by atoms with Gasteiger partial charge >= 0.3 is 10.8 Å². The lowest BCUT2D eigenvalue weighted by Gasteiger charge is -2.29. The molecular weight excluding hydrogens is 618 g/mol. The van der Waals surface area contributed by atoms with Gasteiger partial charge in [0.25, 0.3) is 0 Å². The lowest BCUT2D eigenvalue weighted by Crippen LogP contribution is -2.32. The molecular formula is C29H22ClN3O6S3. The standard InChI is InChI=1S/C29H22ClN3O6S3/c1-2-39-28(37)15-5-9-17(10-6-15)31-20(34)14-32-27-24(42-29(32)38)21(19-4-3-13-40-19)22-23(41-27)26(36)33(25(22)35)18-11-7-16(30)8-12-18/h3-13,21-23H,2,14H2,1H3,(H,31,34). The van der Waals surface area contributed by atoms with Crippen LogP contribution in [0.15, 0.2) is 75.9 Å². The Bertz CT molecular complexity index is 1750. The molecule has 3 unspecified atom stereocenters. The summed E-state index contributed by atoms with van der Waals surface area (Å²) < 4.78 is 6.35. The molecule has 2 aromatic heterocycles. The highest BCUT2D eigenvalue weighted by atomic mass is 35.5. The highest BCUT2D eigenvalue weighted by Gasteiger charge is 2.57. The average molecular weight is 640 g/mol. The molecule has 42 heavy (non-hydrogen) atoms. The van der Waals surface area contributed by atoms with Crippen molar-refractivity contribution in [2.24, 2.45) is 5.92 Å². The van der Waals surface area contributed by atoms with Crippen LogP contribution in [-0.2, 0) is 25.7 Å². The van der Waals surface area contributed by atoms with Crippen molar-refractivity contribution in [3.8, 4) is 0 Å². The number of benzene rings is 2. The van der Waals surface area contributed by atoms with Crippen molar-refractivity contribution in [3.63, 3.8) is 0 Å². The van der Waals surface area contributed by atoms with Gasteiger partial charge in [0.15, 0.2) is 0 Å². The van der Waals surface area contributed by atoms with E-state index in [2.05, 4.69) is 5.32 Å². The van der Waals surface area contributed by atoms with E-state index in [0.29, 0.717) is 31.9 Å². The number of thioether (sulfide) groups is 1. The van der Waals surface area contributed by atoms with Gasteiger partial charge in [0.2, 0.25) is 17.7 Å². The number of ether oxygens (including phenoxy) is 1. The summed E-state index contributed by atoms with van der Waals surface area (Å²) in [7, 11) is 0. The van der Waals surface area contributed by atoms with Crippen molar-refractivity contribution in [2.75, 3.05) is 16.8 Å². The van der Waals surface area contributed by atoms with Crippen LogP contribution < -0.4 is 15.1 Å². The number of amides is 3. The first kappa shape index (κ1) is 28.4. The minimum Gasteiger partial charge on any atom is -0.462 e. The zero-order valence-corrected chi connectivity index (χ0v) is 25.1. The minimum atomic E-state index is -0.772. The predicted molar refractivity (Wildman–Crippen MR) is 163 cm³/mol. The zero-order chi connectivity index (χ0) is 29.5. The lowest BCUT2D eigenvalue weighted by atomic mass is 9.87. The summed E-state index contributed by atoms with van der Waals surface area (Å²) in [6.45, 7) is 1.69. The van der Waals surface area contributed by atoms with E-state index in [4.69, 9.17) is 16.3 Å². The third-order valence-electron chi connectivity index (χ3n) is 6.97. The number of nitrogens with one attached hydrogen (secondary N) is 1. The number of hydrogen-bond donors (Lipinski definition) is 1. The van der Waals surface area contributed by atoms with Crippen LogP contribution in [0.4, 0.5) is 11.4 Å². The molecule has 0 aliphatic carbocycles. The van der Waals surface area contributed by atoms with Gasteiger partial charge in [0.05, 0.1) is 28.8 Å². The molecule has 214 valence electrons. The van der Waals surface area contributed by atoms with Gasteiger partial charge in [-0.3, -0.25) is 23.7 Å². The number of esters is 1. The Labute approximate surface area is 257 Å². The fraction of sp³-hybridized carbons (Fsp3) is 0.207. The van der Waals surface area contributed by atoms with E-state index in [0.717, 1.165) is 28.0 Å². The average Bonchev–Trinajstić information content (AvgIpc) is 3.67. The largest absolute Gasteiger partial charge is 0.462 e. The molecule has 0 spiro atoms. The van der Waals surface area contributed by atoms with Crippen LogP contribution in [0.1, 0.15) is 33.0 Å². The van der Waals surface area contributed by atoms with Gasteiger partial charge in [-0.1, -0.05) is 40.8 Å². The van der Waals surface area contributed by atoms with E-state index in [9.17, 15) is 24.0 Å². The fourth-order valence-corrected chi connectivity index (χ4v) is 8.97. The molecule has 4 aromatic rings. The molecule has 1 N–H and O–H groups in total. The Balaban J connectivity index is 1.30. The number of anilines is 2. The van der Waals surface area contributed by atoms with E-state index >= 15 is 0 Å². The monoisotopic (exact) mass is 639 g/mol. The van der Waals surface area contributed by atoms with Gasteiger partial charge in [0, 0.05) is 26.4 Å². The Morgan fingerprint density at radius 2 is 1.74 bits per heavy atom. The van der Waals surface area contributed by atoms with E-state index in [1.807, 2.05) is 17.5 Å². The summed E-state index contributed by atoms with van der Waals surface area (Å²) in [6.07, 6.45) is 0. The van der Waals surface area contributed by atoms with Crippen LogP contribution in [-0.4, -0.2) is 40.1 Å². The number of carbonyl (C=O) groups is 4. The molecule has 6 rings (SSSR count). The number of nitrogens with zero attached hydrogens (tertiary/aromatic N) is 2. The number of imide groups is 1. The number of thiophene rings is 1. The highest BCUT2D eigenvalue weighted by molar-refractivity contribution is 8.00. The number of rotatable bonds is 7. The number of hydrogen-bond acceptors (Lipinski definition) is 9. The Hall–Kier alpha value is -3.71. The molecule has 1 fully saturated rings. The SMILES string of the molecule is CCOC(=O)c1ccc(NC(=O)Cn2c3c(sc2=O)C(c2cccs2)C2C(=O)N(c4ccc(Cl)cc4)C(=O)C2S3)cc1. The van der Waals surface area contributed by atoms with Crippen LogP contribution in [0.3, 0.4) is 0 Å². The minimum absolute atomic E-state index is 0.253. The number of aromatic nitrogens is 1. The lowest BCUT2D eigenvalue weighted by molar-refractivity contribution is -0.122. The van der Waals surface area contributed by atoms with E-state index < -0.39 is 29.0 Å². The molecule has 13 heteroatoms. The normalized spacial score (nSPS) is 19.4. The van der Waals surface area contributed by atoms with Gasteiger partial charge in [0.1, 0.15) is 11.8 Å². The summed E-state index contributed by atoms with van der Waals surface area (Å²) in [5.74, 6) is -2.83. The maximum atomic E-state index is 13.8. The second-order valence-electron chi connectivity index (χ2n) is 9.52. The molecule has 4 heterocycles. The summed E-state index contributed by atoms with van der Waals surface area (Å²) in [4.78, 5) is 68.1. The molecule has 0 saturated carbocycles. The first-order chi connectivity index (χ1) is 20.3. The Kier molecular flexibility index (Phi) is 7.79. The smallest absolute Gasteiger partial charge is 0.338 e. The van der Waals surface area contributed by atoms with Crippen molar-refractivity contribution >= 4 is 81.1 Å². The van der Waals surface area contributed by atoms with Crippen molar-refractivity contribution in [3.05, 3.63) is 96.1 Å². The second kappa shape index (κ2) is 11.5. The maximum Gasteiger partial charge on any atom is 0.338 e. The molecule has 3 amide bonds. The highest BCUT2D eigenvalue weighted by Crippen LogP contribution is 2.54. The number of thiazole rings is 1. The van der Waals surface area contributed by atoms with Crippen molar-refractivity contribution in [1.29, 1.82) is 0 Å². The van der Waals surface area contributed by atoms with E-state index in [-0.39, 0.29) is 29.8 Å². The summed E-state index contributed by atoms with van der Waals surface area (Å²) in [5, 5.41) is 4.87. The van der Waals surface area contributed by atoms with Gasteiger partial charge in [-0.2, -0.15) is 0 Å². The molecule has 3 atom stereocenters. The van der Waals surface area contributed by atoms with Crippen LogP contribution >= 0.6 is 46.0 Å². The van der Waals surface area contributed by atoms with Crippen molar-refractivity contribution in [1.82, 2.24) is 4.57 Å². The van der Waals surface area contributed by atoms with Crippen LogP contribution in [0.25, 0.3) is 0 Å². The second-order valence-corrected chi connectivity index (χ2v) is 13.1. The number of fused-ring (bicyclic) bond motifs is 2. The van der Waals surface area contributed by atoms with Crippen LogP contribution in [0.5, 0.6) is 0 Å². The molecule has 1 saturated heterocycles. The quantitative estimate of drug-likeness (QED) is 0.217. The van der Waals surface area contributed by atoms with Crippen LogP contribution in [0, 0.1) is 5.92 Å². The topological polar surface area (TPSA) is 115 Å². The van der Waals surface area contributed by atoms with Gasteiger partial charge in [-0.15, -0.1) is 11.3 Å². The first-order valence-corrected chi connectivity index (χ1v) is 15.9. The van der Waals surface area contributed by atoms with Gasteiger partial charge < -0.3 is 10.1 Å². The van der Waals surface area contributed by atoms with Gasteiger partial charge in [-0.05, 0) is 66.9 Å². The molecule has 0 bridgehead atoms. The van der Waals surface area contributed by atoms with E-state index in [1.165, 1.54) is 20.8 Å². The third kappa shape index (κ3) is 5.08. The Morgan fingerprint density at radius 1 is 1.00 bits per heavy atom. The fourth-order valence-electron chi connectivity index (χ4n) is 5.12. The number of carbonyl (C=O) groups excluding carboxylic acids is 4. The molecule has 2 aliphatic rings. The summed E-state index contributed by atoms with van der Waals surface area (Å²) in [5.41, 5.74) is 1.24. The summed E-state index contributed by atoms with van der Waals surface area (Å²) in [6, 6.07) is 16.5. The molecule has 2 aliphatic heterocycles. The molecule has 2 aromatic carbocycles. The molecule has 9 nitrogen and oxygen atoms in total. The van der Waals surface area contributed by atoms with Crippen molar-refractivity contribution in [2.45, 2.75) is 29.7 Å². The Morgan fingerprint density at radius 3 is 2.40 bits per heavy atom. The predicted octanol–water partition coefficient (Wildman–Crippen LogP) is 5.24. The van der Waals surface area contributed by atoms with E-state index in [1.54, 1.807) is 55.5 Å². The zero-order valence-electron chi connectivity index (χ0n) is 21.9.